The summed E-state index contributed by atoms with van der Waals surface area (Å²) in [6.07, 6.45) is 1.76. The van der Waals surface area contributed by atoms with Gasteiger partial charge in [0, 0.05) is 57.0 Å². The van der Waals surface area contributed by atoms with Crippen molar-refractivity contribution in [2.24, 2.45) is 5.73 Å². The lowest BCUT2D eigenvalue weighted by atomic mass is 10.0. The molecule has 1 heterocycles. The quantitative estimate of drug-likeness (QED) is 0.00955. The van der Waals surface area contributed by atoms with Crippen molar-refractivity contribution in [1.82, 2.24) is 5.32 Å². The number of hydrogen-bond acceptors (Lipinski definition) is 15. The minimum atomic E-state index is -4.23. The first kappa shape index (κ1) is 59.1. The van der Waals surface area contributed by atoms with Crippen LogP contribution in [0.25, 0.3) is 21.8 Å². The van der Waals surface area contributed by atoms with Crippen molar-refractivity contribution in [3.63, 3.8) is 0 Å². The molecule has 20 nitrogen and oxygen atoms in total. The van der Waals surface area contributed by atoms with Crippen LogP contribution < -0.4 is 25.1 Å². The van der Waals surface area contributed by atoms with Crippen molar-refractivity contribution in [2.75, 3.05) is 138 Å². The van der Waals surface area contributed by atoms with Gasteiger partial charge in [0.2, 0.25) is 11.0 Å². The van der Waals surface area contributed by atoms with Crippen LogP contribution >= 0.6 is 0 Å². The number of quaternary nitrogens is 1. The third-order valence-corrected chi connectivity index (χ3v) is 13.1. The normalized spacial score (nSPS) is 12.9. The van der Waals surface area contributed by atoms with E-state index in [0.717, 1.165) is 13.0 Å². The highest BCUT2D eigenvalue weighted by Gasteiger charge is 2.28. The maximum atomic E-state index is 14.5. The lowest BCUT2D eigenvalue weighted by molar-refractivity contribution is -0.909. The summed E-state index contributed by atoms with van der Waals surface area (Å²) in [6, 6.07) is 15.8. The second-order valence-electron chi connectivity index (χ2n) is 17.3. The van der Waals surface area contributed by atoms with Gasteiger partial charge in [0.15, 0.2) is 6.54 Å². The van der Waals surface area contributed by atoms with E-state index in [1.807, 2.05) is 23.7 Å². The minimum absolute atomic E-state index is 0.103. The Hall–Kier alpha value is -4.43. The van der Waals surface area contributed by atoms with E-state index in [9.17, 15) is 35.5 Å². The van der Waals surface area contributed by atoms with E-state index in [0.29, 0.717) is 154 Å². The number of para-hydroxylation sites is 1. The Morgan fingerprint density at radius 2 is 1.18 bits per heavy atom. The lowest BCUT2D eigenvalue weighted by Crippen LogP contribution is -2.48. The summed E-state index contributed by atoms with van der Waals surface area (Å²) >= 11 is 0. The first-order valence-corrected chi connectivity index (χ1v) is 27.1. The zero-order valence-corrected chi connectivity index (χ0v) is 43.2. The fourth-order valence-corrected chi connectivity index (χ4v) is 9.02. The van der Waals surface area contributed by atoms with Gasteiger partial charge < -0.3 is 53.4 Å². The first-order valence-electron chi connectivity index (χ1n) is 23.9. The van der Waals surface area contributed by atoms with Crippen LogP contribution in [0.2, 0.25) is 0 Å². The molecule has 71 heavy (non-hydrogen) atoms. The highest BCUT2D eigenvalue weighted by molar-refractivity contribution is 7.86. The Kier molecular flexibility index (Phi) is 25.5. The summed E-state index contributed by atoms with van der Waals surface area (Å²) in [4.78, 5) is 27.9. The van der Waals surface area contributed by atoms with Gasteiger partial charge in [-0.3, -0.25) is 13.9 Å². The molecular formula is C49H74N4O16S2+2. The summed E-state index contributed by atoms with van der Waals surface area (Å²) in [5.74, 6) is -1.01. The number of carbonyl (C=O) groups is 2. The molecule has 0 saturated heterocycles. The molecule has 22 heteroatoms. The van der Waals surface area contributed by atoms with E-state index in [1.54, 1.807) is 63.4 Å². The molecule has 0 saturated carbocycles. The number of fused-ring (bicyclic) bond motifs is 2. The van der Waals surface area contributed by atoms with Gasteiger partial charge in [0.25, 0.3) is 26.1 Å². The van der Waals surface area contributed by atoms with Gasteiger partial charge in [-0.1, -0.05) is 12.1 Å². The molecule has 0 radical (unpaired) electrons. The molecule has 0 aliphatic heterocycles. The van der Waals surface area contributed by atoms with Crippen molar-refractivity contribution < 1.29 is 82.5 Å². The highest BCUT2D eigenvalue weighted by atomic mass is 32.2. The Balaban J connectivity index is 1.41. The number of esters is 1. The second-order valence-corrected chi connectivity index (χ2v) is 20.4. The van der Waals surface area contributed by atoms with E-state index in [4.69, 9.17) is 43.6 Å². The maximum absolute atomic E-state index is 14.5. The Morgan fingerprint density at radius 3 is 1.76 bits per heavy atom. The smallest absolute Gasteiger partial charge is 0.345 e. The zero-order valence-electron chi connectivity index (χ0n) is 41.6. The largest absolute Gasteiger partial charge is 0.491 e. The van der Waals surface area contributed by atoms with E-state index in [1.165, 1.54) is 0 Å². The average Bonchev–Trinajstić information content (AvgIpc) is 3.31. The molecule has 0 fully saturated rings. The molecular weight excluding hydrogens is 965 g/mol. The monoisotopic (exact) mass is 1040 g/mol. The number of nitrogens with two attached hydrogens (primary N) is 1. The summed E-state index contributed by atoms with van der Waals surface area (Å²) in [5, 5.41) is 3.99. The predicted molar refractivity (Wildman–Crippen MR) is 267 cm³/mol. The van der Waals surface area contributed by atoms with Crippen LogP contribution in [0.1, 0.15) is 57.5 Å². The average molecular weight is 1040 g/mol. The lowest BCUT2D eigenvalue weighted by Gasteiger charge is -2.34. The standard InChI is InChI=1S/C49H72N4O16S2/c1-38-35-40(48(54)51-16-8-19-53(3,18-7-15-50)20-10-34-71(59,60)61)36-39(2)47(38)69-49(55)46-42-11-5-6-12-44(42)52(17-9-33-70(56,57)58)45-14-13-41(37-43(45)46)68-32-31-67-30-29-66-28-27-65-26-25-64-24-23-63-22-21-62-4/h5-6,11-14,35-37H,7-10,15-34,50H2,1-4H3,(H-2,51,54,56,57,58,59,60,61)/p+2. The molecule has 0 aliphatic carbocycles. The van der Waals surface area contributed by atoms with Gasteiger partial charge in [0.05, 0.1) is 127 Å². The van der Waals surface area contributed by atoms with Crippen LogP contribution in [0.4, 0.5) is 0 Å². The van der Waals surface area contributed by atoms with E-state index in [-0.39, 0.29) is 49.2 Å². The van der Waals surface area contributed by atoms with Gasteiger partial charge >= 0.3 is 5.97 Å². The maximum Gasteiger partial charge on any atom is 0.345 e. The molecule has 0 spiro atoms. The van der Waals surface area contributed by atoms with Crippen molar-refractivity contribution in [2.45, 2.75) is 46.1 Å². The highest BCUT2D eigenvalue weighted by Crippen LogP contribution is 2.32. The molecule has 1 unspecified atom stereocenters. The molecule has 4 aromatic rings. The number of aromatic nitrogens is 1. The molecule has 3 aromatic carbocycles. The molecule has 4 rings (SSSR count). The number of aryl methyl sites for hydroxylation is 3. The predicted octanol–water partition coefficient (Wildman–Crippen LogP) is 3.70. The van der Waals surface area contributed by atoms with Crippen LogP contribution in [0.5, 0.6) is 11.5 Å². The van der Waals surface area contributed by atoms with Crippen molar-refractivity contribution >= 4 is 53.9 Å². The number of amides is 1. The van der Waals surface area contributed by atoms with Crippen molar-refractivity contribution in [1.29, 1.82) is 0 Å². The van der Waals surface area contributed by atoms with E-state index < -0.39 is 32.0 Å². The minimum Gasteiger partial charge on any atom is -0.491 e. The second kappa shape index (κ2) is 30.6. The number of pyridine rings is 1. The molecule has 0 bridgehead atoms. The van der Waals surface area contributed by atoms with Crippen LogP contribution in [-0.4, -0.2) is 180 Å². The number of rotatable bonds is 37. The zero-order chi connectivity index (χ0) is 51.7. The summed E-state index contributed by atoms with van der Waals surface area (Å²) in [7, 11) is -4.66. The Labute approximate surface area is 418 Å². The SMILES string of the molecule is COCCOCCOCCOCCOCCOCCOc1ccc2c(c1)c(C(=O)Oc1c(C)cc(C(=O)NCCC[N+](C)(CCCN)CCCS(=O)(=O)O)cc1C)c1ccccc1[n+]2CCCS(=O)(=O)O. The fraction of sp³-hybridized carbons (Fsp3) is 0.571. The topological polar surface area (TPSA) is 259 Å². The number of ether oxygens (including phenoxy) is 8. The van der Waals surface area contributed by atoms with Crippen LogP contribution in [0.3, 0.4) is 0 Å². The molecule has 1 atom stereocenters. The Bertz CT molecular complexity index is 2510. The molecule has 1 amide bonds. The van der Waals surface area contributed by atoms with Crippen LogP contribution in [-0.2, 0) is 55.2 Å². The number of benzene rings is 3. The van der Waals surface area contributed by atoms with Gasteiger partial charge in [-0.2, -0.15) is 21.4 Å². The summed E-state index contributed by atoms with van der Waals surface area (Å²) in [6.45, 7) is 11.4. The van der Waals surface area contributed by atoms with E-state index >= 15 is 0 Å². The summed E-state index contributed by atoms with van der Waals surface area (Å²) in [5.41, 5.74) is 8.72. The van der Waals surface area contributed by atoms with Crippen molar-refractivity contribution in [3.8, 4) is 11.5 Å². The number of nitrogens with zero attached hydrogens (tertiary/aromatic N) is 2. The third-order valence-electron chi connectivity index (χ3n) is 11.5. The number of carbonyl (C=O) groups excluding carboxylic acids is 2. The fourth-order valence-electron chi connectivity index (χ4n) is 8.03. The molecule has 5 N–H and O–H groups in total. The molecule has 396 valence electrons. The van der Waals surface area contributed by atoms with Crippen LogP contribution in [0, 0.1) is 13.8 Å². The number of hydrogen-bond donors (Lipinski definition) is 4. The number of nitrogens with one attached hydrogen (secondary N) is 1. The van der Waals surface area contributed by atoms with Gasteiger partial charge in [0.1, 0.15) is 18.1 Å². The van der Waals surface area contributed by atoms with Gasteiger partial charge in [-0.05, 0) is 61.9 Å². The third kappa shape index (κ3) is 21.3. The number of methoxy groups -OCH3 is 1. The van der Waals surface area contributed by atoms with Gasteiger partial charge in [-0.15, -0.1) is 0 Å². The van der Waals surface area contributed by atoms with Crippen LogP contribution in [0.15, 0.2) is 54.6 Å². The van der Waals surface area contributed by atoms with Crippen molar-refractivity contribution in [3.05, 3.63) is 76.9 Å². The molecule has 1 aromatic heterocycles. The molecule has 0 aliphatic rings. The Morgan fingerprint density at radius 1 is 0.662 bits per heavy atom. The van der Waals surface area contributed by atoms with Gasteiger partial charge in [-0.25, -0.2) is 4.79 Å². The first-order chi connectivity index (χ1) is 33.9. The van der Waals surface area contributed by atoms with E-state index in [2.05, 4.69) is 5.32 Å². The summed E-state index contributed by atoms with van der Waals surface area (Å²) < 4.78 is 112.